The smallest absolute Gasteiger partial charge is 0.251 e. The van der Waals surface area contributed by atoms with Crippen LogP contribution in [0.25, 0.3) is 0 Å². The van der Waals surface area contributed by atoms with Crippen LogP contribution in [0, 0.1) is 0 Å². The lowest BCUT2D eigenvalue weighted by molar-refractivity contribution is 0.0619. The van der Waals surface area contributed by atoms with Gasteiger partial charge < -0.3 is 14.8 Å². The van der Waals surface area contributed by atoms with Gasteiger partial charge in [0.25, 0.3) is 5.91 Å². The van der Waals surface area contributed by atoms with Gasteiger partial charge in [0, 0.05) is 17.5 Å². The first-order chi connectivity index (χ1) is 11.9. The molecule has 0 unspecified atom stereocenters. The first kappa shape index (κ1) is 17.6. The van der Waals surface area contributed by atoms with Crippen molar-refractivity contribution >= 4 is 17.5 Å². The Morgan fingerprint density at radius 2 is 2.08 bits per heavy atom. The molecule has 0 saturated carbocycles. The summed E-state index contributed by atoms with van der Waals surface area (Å²) in [6.07, 6.45) is 0.695. The second-order valence-electron chi connectivity index (χ2n) is 6.71. The lowest BCUT2D eigenvalue weighted by Crippen LogP contribution is -2.41. The van der Waals surface area contributed by atoms with Gasteiger partial charge in [-0.05, 0) is 45.0 Å². The number of halogens is 1. The topological polar surface area (TPSA) is 47.6 Å². The molecule has 1 aliphatic rings. The summed E-state index contributed by atoms with van der Waals surface area (Å²) in [5, 5.41) is 3.54. The number of amides is 1. The highest BCUT2D eigenvalue weighted by molar-refractivity contribution is 6.32. The highest BCUT2D eigenvalue weighted by Gasteiger charge is 2.34. The molecule has 4 nitrogen and oxygen atoms in total. The minimum absolute atomic E-state index is 0.113. The summed E-state index contributed by atoms with van der Waals surface area (Å²) in [7, 11) is 0. The fraction of sp³-hybridized carbons (Fsp3) is 0.350. The molecular formula is C20H22ClNO3. The number of carbonyl (C=O) groups excluding carboxylic acids is 1. The van der Waals surface area contributed by atoms with Gasteiger partial charge >= 0.3 is 0 Å². The van der Waals surface area contributed by atoms with Crippen molar-refractivity contribution in [3.8, 4) is 11.5 Å². The highest BCUT2D eigenvalue weighted by atomic mass is 35.5. The normalized spacial score (nSPS) is 18.0. The Bertz CT molecular complexity index is 788. The van der Waals surface area contributed by atoms with Crippen molar-refractivity contribution in [1.29, 1.82) is 0 Å². The Labute approximate surface area is 153 Å². The van der Waals surface area contributed by atoms with Crippen LogP contribution < -0.4 is 14.8 Å². The molecule has 132 valence electrons. The lowest BCUT2D eigenvalue weighted by atomic mass is 9.89. The summed E-state index contributed by atoms with van der Waals surface area (Å²) >= 11 is 6.20. The maximum Gasteiger partial charge on any atom is 0.251 e. The summed E-state index contributed by atoms with van der Waals surface area (Å²) in [6, 6.07) is 12.8. The van der Waals surface area contributed by atoms with E-state index in [1.807, 2.05) is 45.0 Å². The van der Waals surface area contributed by atoms with E-state index in [1.54, 1.807) is 18.2 Å². The molecule has 25 heavy (non-hydrogen) atoms. The van der Waals surface area contributed by atoms with Crippen LogP contribution in [0.5, 0.6) is 11.5 Å². The van der Waals surface area contributed by atoms with Gasteiger partial charge in [-0.2, -0.15) is 0 Å². The molecule has 0 fully saturated rings. The average Bonchev–Trinajstić information content (AvgIpc) is 2.55. The number of fused-ring (bicyclic) bond motifs is 1. The number of carbonyl (C=O) groups is 1. The van der Waals surface area contributed by atoms with Gasteiger partial charge in [0.2, 0.25) is 0 Å². The maximum atomic E-state index is 12.7. The molecule has 2 aromatic rings. The Morgan fingerprint density at radius 1 is 1.32 bits per heavy atom. The molecule has 0 saturated heterocycles. The summed E-state index contributed by atoms with van der Waals surface area (Å²) < 4.78 is 11.4. The standard InChI is InChI=1S/C20H22ClNO3/c1-4-24-18-10-9-13(11-15(18)21)19(23)22-16-12-20(2,3)25-17-8-6-5-7-14(16)17/h5-11,16H,4,12H2,1-3H3,(H,22,23)/t16-/m1/s1. The van der Waals surface area contributed by atoms with Gasteiger partial charge in [-0.15, -0.1) is 0 Å². The van der Waals surface area contributed by atoms with E-state index in [4.69, 9.17) is 21.1 Å². The minimum atomic E-state index is -0.344. The van der Waals surface area contributed by atoms with Crippen molar-refractivity contribution in [2.24, 2.45) is 0 Å². The maximum absolute atomic E-state index is 12.7. The molecule has 1 N–H and O–H groups in total. The second kappa shape index (κ2) is 6.96. The van der Waals surface area contributed by atoms with E-state index in [-0.39, 0.29) is 17.6 Å². The number of hydrogen-bond donors (Lipinski definition) is 1. The third-order valence-corrected chi connectivity index (χ3v) is 4.47. The molecule has 0 aliphatic carbocycles. The van der Waals surface area contributed by atoms with Crippen LogP contribution in [0.1, 0.15) is 49.2 Å². The van der Waals surface area contributed by atoms with Crippen LogP contribution in [-0.4, -0.2) is 18.1 Å². The Kier molecular flexibility index (Phi) is 4.91. The Morgan fingerprint density at radius 3 is 2.80 bits per heavy atom. The predicted molar refractivity (Wildman–Crippen MR) is 98.6 cm³/mol. The molecule has 5 heteroatoms. The molecule has 0 aromatic heterocycles. The molecule has 3 rings (SSSR count). The molecule has 1 heterocycles. The molecule has 0 radical (unpaired) electrons. The first-order valence-corrected chi connectivity index (χ1v) is 8.78. The van der Waals surface area contributed by atoms with E-state index >= 15 is 0 Å². The zero-order valence-electron chi connectivity index (χ0n) is 14.6. The van der Waals surface area contributed by atoms with Crippen LogP contribution >= 0.6 is 11.6 Å². The molecule has 1 atom stereocenters. The third-order valence-electron chi connectivity index (χ3n) is 4.18. The van der Waals surface area contributed by atoms with E-state index in [0.29, 0.717) is 29.4 Å². The fourth-order valence-corrected chi connectivity index (χ4v) is 3.32. The summed E-state index contributed by atoms with van der Waals surface area (Å²) in [6.45, 7) is 6.46. The van der Waals surface area contributed by atoms with E-state index in [1.165, 1.54) is 0 Å². The van der Waals surface area contributed by atoms with E-state index < -0.39 is 0 Å². The van der Waals surface area contributed by atoms with Crippen LogP contribution in [0.2, 0.25) is 5.02 Å². The Balaban J connectivity index is 1.82. The van der Waals surface area contributed by atoms with Gasteiger partial charge in [0.1, 0.15) is 17.1 Å². The number of benzene rings is 2. The predicted octanol–water partition coefficient (Wildman–Crippen LogP) is 4.77. The van der Waals surface area contributed by atoms with Crippen molar-refractivity contribution in [2.75, 3.05) is 6.61 Å². The number of hydrogen-bond acceptors (Lipinski definition) is 3. The van der Waals surface area contributed by atoms with Crippen molar-refractivity contribution in [3.63, 3.8) is 0 Å². The second-order valence-corrected chi connectivity index (χ2v) is 7.12. The number of rotatable bonds is 4. The fourth-order valence-electron chi connectivity index (χ4n) is 3.09. The summed E-state index contributed by atoms with van der Waals surface area (Å²) in [4.78, 5) is 12.7. The molecular weight excluding hydrogens is 338 g/mol. The third kappa shape index (κ3) is 3.90. The quantitative estimate of drug-likeness (QED) is 0.855. The highest BCUT2D eigenvalue weighted by Crippen LogP contribution is 2.39. The summed E-state index contributed by atoms with van der Waals surface area (Å²) in [5.41, 5.74) is 1.16. The van der Waals surface area contributed by atoms with Gasteiger partial charge in [-0.1, -0.05) is 29.8 Å². The molecule has 0 bridgehead atoms. The minimum Gasteiger partial charge on any atom is -0.492 e. The average molecular weight is 360 g/mol. The monoisotopic (exact) mass is 359 g/mol. The summed E-state index contributed by atoms with van der Waals surface area (Å²) in [5.74, 6) is 1.23. The van der Waals surface area contributed by atoms with Gasteiger partial charge in [0.05, 0.1) is 17.7 Å². The van der Waals surface area contributed by atoms with Gasteiger partial charge in [-0.3, -0.25) is 4.79 Å². The van der Waals surface area contributed by atoms with Crippen LogP contribution in [0.15, 0.2) is 42.5 Å². The SMILES string of the molecule is CCOc1ccc(C(=O)N[C@@H]2CC(C)(C)Oc3ccccc32)cc1Cl. The molecule has 1 amide bonds. The van der Waals surface area contributed by atoms with Gasteiger partial charge in [-0.25, -0.2) is 0 Å². The van der Waals surface area contributed by atoms with Crippen molar-refractivity contribution in [3.05, 3.63) is 58.6 Å². The lowest BCUT2D eigenvalue weighted by Gasteiger charge is -2.37. The molecule has 1 aliphatic heterocycles. The zero-order valence-corrected chi connectivity index (χ0v) is 15.4. The van der Waals surface area contributed by atoms with E-state index in [0.717, 1.165) is 11.3 Å². The van der Waals surface area contributed by atoms with E-state index in [2.05, 4.69) is 5.32 Å². The van der Waals surface area contributed by atoms with Crippen LogP contribution in [0.3, 0.4) is 0 Å². The number of nitrogens with one attached hydrogen (secondary N) is 1. The Hall–Kier alpha value is -2.20. The van der Waals surface area contributed by atoms with E-state index in [9.17, 15) is 4.79 Å². The largest absolute Gasteiger partial charge is 0.492 e. The van der Waals surface area contributed by atoms with Crippen LogP contribution in [0.4, 0.5) is 0 Å². The number of para-hydroxylation sites is 1. The van der Waals surface area contributed by atoms with Crippen LogP contribution in [-0.2, 0) is 0 Å². The van der Waals surface area contributed by atoms with Crippen molar-refractivity contribution in [2.45, 2.75) is 38.8 Å². The van der Waals surface area contributed by atoms with Crippen molar-refractivity contribution < 1.29 is 14.3 Å². The first-order valence-electron chi connectivity index (χ1n) is 8.41. The molecule has 0 spiro atoms. The molecule has 2 aromatic carbocycles. The van der Waals surface area contributed by atoms with Gasteiger partial charge in [0.15, 0.2) is 0 Å². The van der Waals surface area contributed by atoms with Crippen molar-refractivity contribution in [1.82, 2.24) is 5.32 Å². The number of ether oxygens (including phenoxy) is 2. The zero-order chi connectivity index (χ0) is 18.0.